The van der Waals surface area contributed by atoms with Crippen molar-refractivity contribution >= 4 is 37.6 Å². The molecule has 0 saturated carbocycles. The number of halogens is 1. The zero-order valence-electron chi connectivity index (χ0n) is 11.7. The Bertz CT molecular complexity index is 662. The van der Waals surface area contributed by atoms with E-state index >= 15 is 0 Å². The van der Waals surface area contributed by atoms with E-state index in [1.807, 2.05) is 6.92 Å². The van der Waals surface area contributed by atoms with Gasteiger partial charge in [0.1, 0.15) is 4.90 Å². The first-order valence-corrected chi connectivity index (χ1v) is 8.63. The quantitative estimate of drug-likeness (QED) is 0.636. The SMILES string of the molecule is COC(=O)C1CN(S(=O)(=O)c2ccc(Br)cc2N)CC1C. The molecule has 0 aromatic heterocycles. The fourth-order valence-corrected chi connectivity index (χ4v) is 4.51. The van der Waals surface area contributed by atoms with Crippen LogP contribution in [0.3, 0.4) is 0 Å². The molecule has 1 aromatic carbocycles. The maximum Gasteiger partial charge on any atom is 0.310 e. The van der Waals surface area contributed by atoms with Crippen LogP contribution in [0, 0.1) is 11.8 Å². The van der Waals surface area contributed by atoms with Crippen LogP contribution in [0.5, 0.6) is 0 Å². The van der Waals surface area contributed by atoms with E-state index < -0.39 is 15.9 Å². The number of hydrogen-bond acceptors (Lipinski definition) is 5. The molecule has 0 amide bonds. The Morgan fingerprint density at radius 2 is 2.10 bits per heavy atom. The van der Waals surface area contributed by atoms with E-state index in [0.29, 0.717) is 4.47 Å². The number of rotatable bonds is 3. The first-order valence-electron chi connectivity index (χ1n) is 6.40. The maximum atomic E-state index is 12.6. The Morgan fingerprint density at radius 3 is 2.67 bits per heavy atom. The largest absolute Gasteiger partial charge is 0.469 e. The Labute approximate surface area is 132 Å². The highest BCUT2D eigenvalue weighted by molar-refractivity contribution is 9.10. The van der Waals surface area contributed by atoms with Gasteiger partial charge in [-0.05, 0) is 24.1 Å². The van der Waals surface area contributed by atoms with Gasteiger partial charge in [-0.25, -0.2) is 8.42 Å². The van der Waals surface area contributed by atoms with Crippen LogP contribution in [0.2, 0.25) is 0 Å². The van der Waals surface area contributed by atoms with E-state index in [-0.39, 0.29) is 35.6 Å². The van der Waals surface area contributed by atoms with Gasteiger partial charge in [0.15, 0.2) is 0 Å². The minimum atomic E-state index is -3.71. The molecule has 2 N–H and O–H groups in total. The van der Waals surface area contributed by atoms with Crippen molar-refractivity contribution in [3.8, 4) is 0 Å². The standard InChI is InChI=1S/C13H17BrN2O4S/c1-8-6-16(7-10(8)13(17)20-2)21(18,19)12-4-3-9(14)5-11(12)15/h3-5,8,10H,6-7,15H2,1-2H3. The molecule has 8 heteroatoms. The molecule has 0 spiro atoms. The summed E-state index contributed by atoms with van der Waals surface area (Å²) in [5.74, 6) is -0.922. The minimum Gasteiger partial charge on any atom is -0.469 e. The number of nitrogens with zero attached hydrogens (tertiary/aromatic N) is 1. The predicted molar refractivity (Wildman–Crippen MR) is 82.0 cm³/mol. The molecule has 1 heterocycles. The molecule has 6 nitrogen and oxygen atoms in total. The maximum absolute atomic E-state index is 12.6. The van der Waals surface area contributed by atoms with E-state index in [2.05, 4.69) is 15.9 Å². The number of nitrogen functional groups attached to an aromatic ring is 1. The van der Waals surface area contributed by atoms with Crippen LogP contribution < -0.4 is 5.73 Å². The Hall–Kier alpha value is -1.12. The highest BCUT2D eigenvalue weighted by Crippen LogP contribution is 2.32. The number of methoxy groups -OCH3 is 1. The smallest absolute Gasteiger partial charge is 0.310 e. The predicted octanol–water partition coefficient (Wildman–Crippen LogP) is 1.46. The fourth-order valence-electron chi connectivity index (χ4n) is 2.47. The molecule has 0 bridgehead atoms. The highest BCUT2D eigenvalue weighted by atomic mass is 79.9. The van der Waals surface area contributed by atoms with Crippen molar-refractivity contribution in [1.29, 1.82) is 0 Å². The molecule has 0 radical (unpaired) electrons. The van der Waals surface area contributed by atoms with E-state index in [0.717, 1.165) is 0 Å². The number of nitrogens with two attached hydrogens (primary N) is 1. The summed E-state index contributed by atoms with van der Waals surface area (Å²) < 4.78 is 32.0. The van der Waals surface area contributed by atoms with Gasteiger partial charge in [0, 0.05) is 17.6 Å². The number of esters is 1. The zero-order valence-corrected chi connectivity index (χ0v) is 14.1. The topological polar surface area (TPSA) is 89.7 Å². The number of anilines is 1. The molecule has 2 unspecified atom stereocenters. The molecule has 1 fully saturated rings. The van der Waals surface area contributed by atoms with Gasteiger partial charge in [-0.15, -0.1) is 0 Å². The first-order chi connectivity index (χ1) is 9.77. The van der Waals surface area contributed by atoms with E-state index in [9.17, 15) is 13.2 Å². The molecule has 1 aliphatic heterocycles. The monoisotopic (exact) mass is 376 g/mol. The summed E-state index contributed by atoms with van der Waals surface area (Å²) in [6.07, 6.45) is 0. The van der Waals surface area contributed by atoms with Crippen molar-refractivity contribution in [3.05, 3.63) is 22.7 Å². The van der Waals surface area contributed by atoms with Crippen LogP contribution in [-0.4, -0.2) is 38.9 Å². The third-order valence-corrected chi connectivity index (χ3v) is 6.07. The van der Waals surface area contributed by atoms with Crippen molar-refractivity contribution in [3.63, 3.8) is 0 Å². The first kappa shape index (κ1) is 16.3. The highest BCUT2D eigenvalue weighted by Gasteiger charge is 2.41. The lowest BCUT2D eigenvalue weighted by atomic mass is 9.99. The molecule has 1 aromatic rings. The summed E-state index contributed by atoms with van der Waals surface area (Å²) in [7, 11) is -2.41. The minimum absolute atomic E-state index is 0.0587. The molecule has 0 aliphatic carbocycles. The Kier molecular flexibility index (Phi) is 4.60. The normalized spacial score (nSPS) is 23.2. The van der Waals surface area contributed by atoms with Crippen LogP contribution in [-0.2, 0) is 19.6 Å². The van der Waals surface area contributed by atoms with Gasteiger partial charge in [0.2, 0.25) is 10.0 Å². The third kappa shape index (κ3) is 3.07. The van der Waals surface area contributed by atoms with Gasteiger partial charge in [0.05, 0.1) is 18.7 Å². The van der Waals surface area contributed by atoms with E-state index in [1.165, 1.54) is 17.5 Å². The number of hydrogen-bond donors (Lipinski definition) is 1. The van der Waals surface area contributed by atoms with Crippen molar-refractivity contribution in [2.24, 2.45) is 11.8 Å². The number of ether oxygens (including phenoxy) is 1. The number of sulfonamides is 1. The van der Waals surface area contributed by atoms with Crippen molar-refractivity contribution in [2.45, 2.75) is 11.8 Å². The van der Waals surface area contributed by atoms with Gasteiger partial charge in [-0.3, -0.25) is 4.79 Å². The van der Waals surface area contributed by atoms with Gasteiger partial charge in [0.25, 0.3) is 0 Å². The molecule has 2 rings (SSSR count). The van der Waals surface area contributed by atoms with Crippen molar-refractivity contribution < 1.29 is 17.9 Å². The van der Waals surface area contributed by atoms with Gasteiger partial charge >= 0.3 is 5.97 Å². The number of carbonyl (C=O) groups excluding carboxylic acids is 1. The summed E-state index contributed by atoms with van der Waals surface area (Å²) in [4.78, 5) is 11.7. The summed E-state index contributed by atoms with van der Waals surface area (Å²) >= 11 is 3.24. The second-order valence-corrected chi connectivity index (χ2v) is 7.93. The summed E-state index contributed by atoms with van der Waals surface area (Å²) in [6, 6.07) is 4.63. The molecule has 1 saturated heterocycles. The van der Waals surface area contributed by atoms with Crippen LogP contribution >= 0.6 is 15.9 Å². The average molecular weight is 377 g/mol. The fraction of sp³-hybridized carbons (Fsp3) is 0.462. The second kappa shape index (κ2) is 5.94. The van der Waals surface area contributed by atoms with E-state index in [1.54, 1.807) is 12.1 Å². The molecule has 2 atom stereocenters. The Balaban J connectivity index is 2.31. The lowest BCUT2D eigenvalue weighted by Crippen LogP contribution is -2.30. The van der Waals surface area contributed by atoms with Gasteiger partial charge < -0.3 is 10.5 Å². The molecular formula is C13H17BrN2O4S. The van der Waals surface area contributed by atoms with Crippen LogP contribution in [0.15, 0.2) is 27.6 Å². The van der Waals surface area contributed by atoms with Crippen molar-refractivity contribution in [2.75, 3.05) is 25.9 Å². The molecule has 116 valence electrons. The second-order valence-electron chi connectivity index (χ2n) is 5.11. The molecule has 1 aliphatic rings. The molecule has 21 heavy (non-hydrogen) atoms. The summed E-state index contributed by atoms with van der Waals surface area (Å²) in [5.41, 5.74) is 5.98. The van der Waals surface area contributed by atoms with Crippen LogP contribution in [0.1, 0.15) is 6.92 Å². The number of benzene rings is 1. The lowest BCUT2D eigenvalue weighted by Gasteiger charge is -2.17. The van der Waals surface area contributed by atoms with Crippen LogP contribution in [0.4, 0.5) is 5.69 Å². The number of carbonyl (C=O) groups is 1. The Morgan fingerprint density at radius 1 is 1.43 bits per heavy atom. The summed E-state index contributed by atoms with van der Waals surface area (Å²) in [6.45, 7) is 2.23. The van der Waals surface area contributed by atoms with Gasteiger partial charge in [-0.1, -0.05) is 22.9 Å². The van der Waals surface area contributed by atoms with Crippen molar-refractivity contribution in [1.82, 2.24) is 4.31 Å². The average Bonchev–Trinajstić information content (AvgIpc) is 2.80. The zero-order chi connectivity index (χ0) is 15.8. The van der Waals surface area contributed by atoms with Gasteiger partial charge in [-0.2, -0.15) is 4.31 Å². The van der Waals surface area contributed by atoms with E-state index in [4.69, 9.17) is 10.5 Å². The third-order valence-electron chi connectivity index (χ3n) is 3.67. The van der Waals surface area contributed by atoms with Crippen LogP contribution in [0.25, 0.3) is 0 Å². The summed E-state index contributed by atoms with van der Waals surface area (Å²) in [5, 5.41) is 0. The lowest BCUT2D eigenvalue weighted by molar-refractivity contribution is -0.145. The molecular weight excluding hydrogens is 360 g/mol.